The molecule has 2 unspecified atom stereocenters. The summed E-state index contributed by atoms with van der Waals surface area (Å²) in [5.41, 5.74) is 0. The van der Waals surface area contributed by atoms with E-state index in [4.69, 9.17) is 5.11 Å². The number of aliphatic hydroxyl groups excluding tert-OH is 1. The Balaban J connectivity index is 2.56. The van der Waals surface area contributed by atoms with Crippen LogP contribution >= 0.6 is 0 Å². The van der Waals surface area contributed by atoms with Gasteiger partial charge >= 0.3 is 0 Å². The van der Waals surface area contributed by atoms with Crippen LogP contribution in [0.15, 0.2) is 12.7 Å². The molecule has 0 aromatic heterocycles. The molecule has 98 valence electrons. The Morgan fingerprint density at radius 1 is 1.65 bits per heavy atom. The van der Waals surface area contributed by atoms with Crippen molar-refractivity contribution in [1.29, 1.82) is 0 Å². The summed E-state index contributed by atoms with van der Waals surface area (Å²) in [6, 6.07) is -0.0831. The van der Waals surface area contributed by atoms with E-state index in [0.717, 1.165) is 25.8 Å². The lowest BCUT2D eigenvalue weighted by Crippen LogP contribution is -2.51. The van der Waals surface area contributed by atoms with Gasteiger partial charge in [0.25, 0.3) is 0 Å². The summed E-state index contributed by atoms with van der Waals surface area (Å²) in [5, 5.41) is 12.2. The SMILES string of the molecule is C=CCN(CCO)C(=O)C1CC(CC)CCN1. The van der Waals surface area contributed by atoms with E-state index in [2.05, 4.69) is 18.8 Å². The number of aliphatic hydroxyl groups is 1. The van der Waals surface area contributed by atoms with Gasteiger partial charge in [0.1, 0.15) is 0 Å². The standard InChI is InChI=1S/C13H24N2O2/c1-3-7-15(8-9-16)13(17)12-10-11(4-2)5-6-14-12/h3,11-12,14,16H,1,4-10H2,2H3. The van der Waals surface area contributed by atoms with Crippen LogP contribution < -0.4 is 5.32 Å². The number of hydrogen-bond donors (Lipinski definition) is 2. The number of carbonyl (C=O) groups excluding carboxylic acids is 1. The molecule has 2 atom stereocenters. The van der Waals surface area contributed by atoms with Gasteiger partial charge in [-0.05, 0) is 25.3 Å². The summed E-state index contributed by atoms with van der Waals surface area (Å²) in [7, 11) is 0. The van der Waals surface area contributed by atoms with Gasteiger partial charge < -0.3 is 15.3 Å². The molecule has 17 heavy (non-hydrogen) atoms. The summed E-state index contributed by atoms with van der Waals surface area (Å²) >= 11 is 0. The Bertz CT molecular complexity index is 256. The molecule has 0 bridgehead atoms. The molecule has 4 heteroatoms. The van der Waals surface area contributed by atoms with Crippen LogP contribution in [0.5, 0.6) is 0 Å². The number of nitrogens with zero attached hydrogens (tertiary/aromatic N) is 1. The number of amides is 1. The highest BCUT2D eigenvalue weighted by molar-refractivity contribution is 5.82. The molecule has 2 N–H and O–H groups in total. The van der Waals surface area contributed by atoms with Crippen LogP contribution in [0.25, 0.3) is 0 Å². The third-order valence-electron chi connectivity index (χ3n) is 3.42. The summed E-state index contributed by atoms with van der Waals surface area (Å²) in [4.78, 5) is 13.9. The molecule has 1 fully saturated rings. The number of nitrogens with one attached hydrogen (secondary N) is 1. The Hall–Kier alpha value is -0.870. The van der Waals surface area contributed by atoms with E-state index in [0.29, 0.717) is 19.0 Å². The molecule has 1 heterocycles. The van der Waals surface area contributed by atoms with Crippen LogP contribution in [0.4, 0.5) is 0 Å². The Kier molecular flexibility index (Phi) is 6.22. The van der Waals surface area contributed by atoms with E-state index in [1.165, 1.54) is 0 Å². The van der Waals surface area contributed by atoms with Crippen molar-refractivity contribution >= 4 is 5.91 Å². The zero-order valence-electron chi connectivity index (χ0n) is 10.7. The van der Waals surface area contributed by atoms with Crippen molar-refractivity contribution in [3.05, 3.63) is 12.7 Å². The van der Waals surface area contributed by atoms with E-state index in [9.17, 15) is 4.79 Å². The van der Waals surface area contributed by atoms with Crippen LogP contribution in [0.2, 0.25) is 0 Å². The van der Waals surface area contributed by atoms with E-state index < -0.39 is 0 Å². The fourth-order valence-corrected chi connectivity index (χ4v) is 2.34. The van der Waals surface area contributed by atoms with Gasteiger partial charge in [0.15, 0.2) is 0 Å². The highest BCUT2D eigenvalue weighted by Crippen LogP contribution is 2.20. The Morgan fingerprint density at radius 3 is 3.00 bits per heavy atom. The molecular weight excluding hydrogens is 216 g/mol. The van der Waals surface area contributed by atoms with Crippen molar-refractivity contribution in [2.75, 3.05) is 26.2 Å². The molecule has 0 aliphatic carbocycles. The molecule has 1 rings (SSSR count). The smallest absolute Gasteiger partial charge is 0.240 e. The number of hydrogen-bond acceptors (Lipinski definition) is 3. The lowest BCUT2D eigenvalue weighted by molar-refractivity contribution is -0.134. The van der Waals surface area contributed by atoms with Gasteiger partial charge in [-0.1, -0.05) is 19.4 Å². The normalized spacial score (nSPS) is 24.4. The van der Waals surface area contributed by atoms with E-state index in [-0.39, 0.29) is 18.6 Å². The van der Waals surface area contributed by atoms with E-state index in [1.54, 1.807) is 11.0 Å². The monoisotopic (exact) mass is 240 g/mol. The maximum atomic E-state index is 12.2. The molecule has 1 saturated heterocycles. The average Bonchev–Trinajstić information content (AvgIpc) is 2.38. The van der Waals surface area contributed by atoms with Crippen molar-refractivity contribution < 1.29 is 9.90 Å². The van der Waals surface area contributed by atoms with E-state index >= 15 is 0 Å². The first-order valence-electron chi connectivity index (χ1n) is 6.46. The maximum absolute atomic E-state index is 12.2. The highest BCUT2D eigenvalue weighted by Gasteiger charge is 2.28. The van der Waals surface area contributed by atoms with Crippen molar-refractivity contribution in [3.63, 3.8) is 0 Å². The second-order valence-electron chi connectivity index (χ2n) is 4.60. The second-order valence-corrected chi connectivity index (χ2v) is 4.60. The first kappa shape index (κ1) is 14.2. The summed E-state index contributed by atoms with van der Waals surface area (Å²) in [6.45, 7) is 7.63. The van der Waals surface area contributed by atoms with Crippen LogP contribution in [-0.2, 0) is 4.79 Å². The number of carbonyl (C=O) groups is 1. The quantitative estimate of drug-likeness (QED) is 0.674. The maximum Gasteiger partial charge on any atom is 0.240 e. The second kappa shape index (κ2) is 7.45. The fourth-order valence-electron chi connectivity index (χ4n) is 2.34. The molecule has 0 saturated carbocycles. The zero-order chi connectivity index (χ0) is 12.7. The minimum atomic E-state index is -0.0831. The summed E-state index contributed by atoms with van der Waals surface area (Å²) < 4.78 is 0. The highest BCUT2D eigenvalue weighted by atomic mass is 16.3. The minimum Gasteiger partial charge on any atom is -0.395 e. The van der Waals surface area contributed by atoms with Crippen molar-refractivity contribution in [2.45, 2.75) is 32.2 Å². The first-order valence-corrected chi connectivity index (χ1v) is 6.46. The Labute approximate surface area is 104 Å². The molecule has 4 nitrogen and oxygen atoms in total. The van der Waals surface area contributed by atoms with Gasteiger partial charge in [-0.2, -0.15) is 0 Å². The number of rotatable bonds is 6. The molecule has 0 spiro atoms. The predicted molar refractivity (Wildman–Crippen MR) is 68.7 cm³/mol. The average molecular weight is 240 g/mol. The predicted octanol–water partition coefficient (Wildman–Crippen LogP) is 0.771. The third-order valence-corrected chi connectivity index (χ3v) is 3.42. The van der Waals surface area contributed by atoms with Gasteiger partial charge in [0, 0.05) is 13.1 Å². The Morgan fingerprint density at radius 2 is 2.41 bits per heavy atom. The van der Waals surface area contributed by atoms with Crippen LogP contribution in [0, 0.1) is 5.92 Å². The van der Waals surface area contributed by atoms with Crippen LogP contribution in [-0.4, -0.2) is 48.2 Å². The molecule has 0 aromatic rings. The lowest BCUT2D eigenvalue weighted by atomic mass is 9.90. The van der Waals surface area contributed by atoms with E-state index in [1.807, 2.05) is 0 Å². The molecule has 0 aromatic carbocycles. The van der Waals surface area contributed by atoms with Crippen LogP contribution in [0.3, 0.4) is 0 Å². The van der Waals surface area contributed by atoms with Crippen molar-refractivity contribution in [3.8, 4) is 0 Å². The third kappa shape index (κ3) is 4.13. The fraction of sp³-hybridized carbons (Fsp3) is 0.769. The van der Waals surface area contributed by atoms with Gasteiger partial charge in [-0.25, -0.2) is 0 Å². The summed E-state index contributed by atoms with van der Waals surface area (Å²) in [6.07, 6.45) is 4.90. The first-order chi connectivity index (χ1) is 8.22. The molecule has 1 aliphatic heterocycles. The molecule has 0 radical (unpaired) electrons. The van der Waals surface area contributed by atoms with Gasteiger partial charge in [0.2, 0.25) is 5.91 Å². The zero-order valence-corrected chi connectivity index (χ0v) is 10.7. The lowest BCUT2D eigenvalue weighted by Gasteiger charge is -2.32. The molecule has 1 amide bonds. The van der Waals surface area contributed by atoms with Crippen LogP contribution in [0.1, 0.15) is 26.2 Å². The number of piperidine rings is 1. The largest absolute Gasteiger partial charge is 0.395 e. The van der Waals surface area contributed by atoms with Gasteiger partial charge in [-0.15, -0.1) is 6.58 Å². The van der Waals surface area contributed by atoms with Crippen molar-refractivity contribution in [1.82, 2.24) is 10.2 Å². The topological polar surface area (TPSA) is 52.6 Å². The molecule has 1 aliphatic rings. The van der Waals surface area contributed by atoms with Crippen molar-refractivity contribution in [2.24, 2.45) is 5.92 Å². The summed E-state index contributed by atoms with van der Waals surface area (Å²) in [5.74, 6) is 0.738. The van der Waals surface area contributed by atoms with Gasteiger partial charge in [-0.3, -0.25) is 4.79 Å². The molecular formula is C13H24N2O2. The van der Waals surface area contributed by atoms with Gasteiger partial charge in [0.05, 0.1) is 12.6 Å². The minimum absolute atomic E-state index is 0.00348.